The Labute approximate surface area is 213 Å². The van der Waals surface area contributed by atoms with Crippen molar-refractivity contribution < 1.29 is 15.0 Å². The molecule has 1 fully saturated rings. The molecule has 1 aliphatic carbocycles. The standard InChI is InChI=1S/C24H29ClN6O3S/c1-5-6-11-27-21-17-22(30-16(29-21)10-8-14-7-9-15(25)35-14)31(12-28-17)18-13(2)24(3,23(34)26-4)20(33)19(18)32/h7,9,12-13,18-20,32-33H,5-6,11H2,1-4H3,(H,26,34)(H,27,29,30)/t13-,18-,19+,20+,24?/m1/s1. The molecule has 9 nitrogen and oxygen atoms in total. The van der Waals surface area contributed by atoms with Crippen LogP contribution >= 0.6 is 22.9 Å². The van der Waals surface area contributed by atoms with Crippen molar-refractivity contribution in [3.8, 4) is 11.8 Å². The molecule has 1 amide bonds. The van der Waals surface area contributed by atoms with Crippen LogP contribution < -0.4 is 10.6 Å². The number of imidazole rings is 1. The van der Waals surface area contributed by atoms with Gasteiger partial charge in [-0.1, -0.05) is 31.9 Å². The molecule has 0 radical (unpaired) electrons. The SMILES string of the molecule is CCCCNc1nc(C#Cc2ccc(Cl)s2)nc2c1ncn2[C@H]1[C@H](O)[C@H](O)C(C)(C(=O)NC)[C@@H]1C. The number of thiophene rings is 1. The first-order chi connectivity index (χ1) is 16.7. The molecule has 1 saturated carbocycles. The lowest BCUT2D eigenvalue weighted by Crippen LogP contribution is -2.47. The van der Waals surface area contributed by atoms with Gasteiger partial charge in [0.05, 0.1) is 33.1 Å². The quantitative estimate of drug-likeness (QED) is 0.293. The summed E-state index contributed by atoms with van der Waals surface area (Å²) in [6.45, 7) is 6.32. The maximum atomic E-state index is 12.7. The lowest BCUT2D eigenvalue weighted by atomic mass is 9.77. The van der Waals surface area contributed by atoms with Gasteiger partial charge < -0.3 is 25.4 Å². The van der Waals surface area contributed by atoms with Crippen molar-refractivity contribution in [2.75, 3.05) is 18.9 Å². The molecule has 4 N–H and O–H groups in total. The zero-order chi connectivity index (χ0) is 25.3. The first-order valence-electron chi connectivity index (χ1n) is 11.6. The van der Waals surface area contributed by atoms with Crippen LogP contribution in [0.5, 0.6) is 0 Å². The number of carbonyl (C=O) groups excluding carboxylic acids is 1. The number of amides is 1. The van der Waals surface area contributed by atoms with E-state index in [1.807, 2.05) is 13.0 Å². The number of hydrogen-bond acceptors (Lipinski definition) is 8. The van der Waals surface area contributed by atoms with Crippen molar-refractivity contribution >= 4 is 45.8 Å². The summed E-state index contributed by atoms with van der Waals surface area (Å²) < 4.78 is 2.37. The Morgan fingerprint density at radius 2 is 2.09 bits per heavy atom. The summed E-state index contributed by atoms with van der Waals surface area (Å²) in [5, 5.41) is 27.8. The number of nitrogens with zero attached hydrogens (tertiary/aromatic N) is 4. The van der Waals surface area contributed by atoms with E-state index in [2.05, 4.69) is 44.4 Å². The second-order valence-corrected chi connectivity index (χ2v) is 10.6. The van der Waals surface area contributed by atoms with E-state index < -0.39 is 29.6 Å². The van der Waals surface area contributed by atoms with Crippen molar-refractivity contribution in [1.82, 2.24) is 24.8 Å². The zero-order valence-electron chi connectivity index (χ0n) is 20.0. The minimum Gasteiger partial charge on any atom is -0.389 e. The predicted octanol–water partition coefficient (Wildman–Crippen LogP) is 2.82. The molecule has 186 valence electrons. The second kappa shape index (κ2) is 10.1. The van der Waals surface area contributed by atoms with Crippen LogP contribution in [0.15, 0.2) is 18.5 Å². The van der Waals surface area contributed by atoms with Crippen molar-refractivity contribution in [3.05, 3.63) is 33.5 Å². The number of nitrogens with one attached hydrogen (secondary N) is 2. The molecule has 3 aromatic heterocycles. The van der Waals surface area contributed by atoms with E-state index >= 15 is 0 Å². The lowest BCUT2D eigenvalue weighted by molar-refractivity contribution is -0.139. The number of aliphatic hydroxyl groups is 2. The molecule has 1 aliphatic rings. The van der Waals surface area contributed by atoms with Gasteiger partial charge in [0.15, 0.2) is 17.0 Å². The number of anilines is 1. The summed E-state index contributed by atoms with van der Waals surface area (Å²) in [6.07, 6.45) is 1.10. The predicted molar refractivity (Wildman–Crippen MR) is 136 cm³/mol. The number of carbonyl (C=O) groups is 1. The van der Waals surface area contributed by atoms with Gasteiger partial charge in [-0.2, -0.15) is 0 Å². The number of aromatic nitrogens is 4. The highest BCUT2D eigenvalue weighted by Gasteiger charge is 2.60. The Bertz CT molecular complexity index is 1300. The Kier molecular flexibility index (Phi) is 7.33. The third-order valence-corrected chi connectivity index (χ3v) is 8.05. The number of hydrogen-bond donors (Lipinski definition) is 4. The van der Waals surface area contributed by atoms with E-state index in [-0.39, 0.29) is 11.7 Å². The molecule has 0 aliphatic heterocycles. The van der Waals surface area contributed by atoms with Crippen molar-refractivity contribution in [2.24, 2.45) is 11.3 Å². The number of unbranched alkanes of at least 4 members (excludes halogenated alkanes) is 1. The van der Waals surface area contributed by atoms with Crippen LogP contribution in [0.25, 0.3) is 11.2 Å². The zero-order valence-corrected chi connectivity index (χ0v) is 21.6. The largest absolute Gasteiger partial charge is 0.389 e. The summed E-state index contributed by atoms with van der Waals surface area (Å²) >= 11 is 7.38. The molecule has 0 aromatic carbocycles. The molecule has 1 unspecified atom stereocenters. The van der Waals surface area contributed by atoms with Gasteiger partial charge in [-0.3, -0.25) is 4.79 Å². The number of fused-ring (bicyclic) bond motifs is 1. The summed E-state index contributed by atoms with van der Waals surface area (Å²) in [7, 11) is 1.52. The molecule has 35 heavy (non-hydrogen) atoms. The van der Waals surface area contributed by atoms with Crippen LogP contribution in [-0.2, 0) is 4.79 Å². The summed E-state index contributed by atoms with van der Waals surface area (Å²) in [4.78, 5) is 27.2. The highest BCUT2D eigenvalue weighted by molar-refractivity contribution is 7.16. The molecule has 0 saturated heterocycles. The van der Waals surface area contributed by atoms with Crippen LogP contribution in [0.2, 0.25) is 4.34 Å². The van der Waals surface area contributed by atoms with Crippen LogP contribution in [0.4, 0.5) is 5.82 Å². The summed E-state index contributed by atoms with van der Waals surface area (Å²) in [5.74, 6) is 6.13. The van der Waals surface area contributed by atoms with Gasteiger partial charge in [0.2, 0.25) is 11.7 Å². The average Bonchev–Trinajstić information content (AvgIpc) is 3.51. The van der Waals surface area contributed by atoms with E-state index in [0.717, 1.165) is 17.7 Å². The summed E-state index contributed by atoms with van der Waals surface area (Å²) in [6, 6.07) is 2.98. The smallest absolute Gasteiger partial charge is 0.228 e. The maximum absolute atomic E-state index is 12.7. The van der Waals surface area contributed by atoms with Gasteiger partial charge >= 0.3 is 0 Å². The van der Waals surface area contributed by atoms with E-state index in [9.17, 15) is 15.0 Å². The topological polar surface area (TPSA) is 125 Å². The monoisotopic (exact) mass is 516 g/mol. The van der Waals surface area contributed by atoms with Gasteiger partial charge in [-0.05, 0) is 43.2 Å². The van der Waals surface area contributed by atoms with Crippen molar-refractivity contribution in [1.29, 1.82) is 0 Å². The van der Waals surface area contributed by atoms with Crippen molar-refractivity contribution in [3.63, 3.8) is 0 Å². The minimum absolute atomic E-state index is 0.289. The molecule has 3 aromatic rings. The lowest BCUT2D eigenvalue weighted by Gasteiger charge is -2.31. The molecular formula is C24H29ClN6O3S. The minimum atomic E-state index is -1.26. The van der Waals surface area contributed by atoms with E-state index in [1.54, 1.807) is 23.9 Å². The van der Waals surface area contributed by atoms with Crippen LogP contribution in [0, 0.1) is 23.2 Å². The van der Waals surface area contributed by atoms with Gasteiger partial charge in [0.1, 0.15) is 6.10 Å². The van der Waals surface area contributed by atoms with Gasteiger partial charge in [0.25, 0.3) is 0 Å². The third kappa shape index (κ3) is 4.49. The van der Waals surface area contributed by atoms with Crippen LogP contribution in [-0.4, -0.2) is 61.4 Å². The molecular weight excluding hydrogens is 488 g/mol. The van der Waals surface area contributed by atoms with Gasteiger partial charge in [-0.15, -0.1) is 11.3 Å². The number of rotatable bonds is 6. The normalized spacial score (nSPS) is 25.9. The molecule has 4 rings (SSSR count). The third-order valence-electron chi connectivity index (χ3n) is 6.90. The second-order valence-electron chi connectivity index (χ2n) is 8.93. The van der Waals surface area contributed by atoms with Crippen LogP contribution in [0.3, 0.4) is 0 Å². The van der Waals surface area contributed by atoms with E-state index in [0.29, 0.717) is 27.9 Å². The Hall–Kier alpha value is -2.71. The Balaban J connectivity index is 1.81. The highest BCUT2D eigenvalue weighted by atomic mass is 35.5. The Morgan fingerprint density at radius 1 is 1.31 bits per heavy atom. The fourth-order valence-electron chi connectivity index (χ4n) is 4.67. The fraction of sp³-hybridized carbons (Fsp3) is 0.500. The van der Waals surface area contributed by atoms with Gasteiger partial charge in [-0.25, -0.2) is 15.0 Å². The molecule has 0 spiro atoms. The van der Waals surface area contributed by atoms with Crippen molar-refractivity contribution in [2.45, 2.75) is 51.9 Å². The van der Waals surface area contributed by atoms with Crippen LogP contribution in [0.1, 0.15) is 50.4 Å². The molecule has 0 bridgehead atoms. The summed E-state index contributed by atoms with van der Waals surface area (Å²) in [5.41, 5.74) is -0.184. The van der Waals surface area contributed by atoms with Gasteiger partial charge in [0, 0.05) is 13.6 Å². The highest BCUT2D eigenvalue weighted by Crippen LogP contribution is 2.50. The average molecular weight is 517 g/mol. The Morgan fingerprint density at radius 3 is 2.74 bits per heavy atom. The first-order valence-corrected chi connectivity index (χ1v) is 12.8. The first kappa shape index (κ1) is 25.4. The molecule has 3 heterocycles. The maximum Gasteiger partial charge on any atom is 0.228 e. The van der Waals surface area contributed by atoms with E-state index in [4.69, 9.17) is 11.6 Å². The molecule has 11 heteroatoms. The fourth-order valence-corrected chi connectivity index (χ4v) is 5.57. The number of halogens is 1. The number of aliphatic hydroxyl groups excluding tert-OH is 2. The molecule has 5 atom stereocenters. The van der Waals surface area contributed by atoms with E-state index in [1.165, 1.54) is 18.4 Å².